The number of nitrogens with one attached hydrogen (secondary N) is 1. The van der Waals surface area contributed by atoms with E-state index in [2.05, 4.69) is 20.4 Å². The highest BCUT2D eigenvalue weighted by atomic mass is 16.3. The Morgan fingerprint density at radius 1 is 1.41 bits per heavy atom. The molecule has 0 aliphatic carbocycles. The van der Waals surface area contributed by atoms with Gasteiger partial charge < -0.3 is 15.3 Å². The van der Waals surface area contributed by atoms with Crippen LogP contribution in [0.25, 0.3) is 0 Å². The third-order valence-electron chi connectivity index (χ3n) is 3.77. The molecule has 8 nitrogen and oxygen atoms in total. The summed E-state index contributed by atoms with van der Waals surface area (Å²) in [5.41, 5.74) is 0.369. The number of hydrogen-bond donors (Lipinski definition) is 2. The minimum Gasteiger partial charge on any atom is -0.396 e. The Morgan fingerprint density at radius 2 is 2.18 bits per heavy atom. The van der Waals surface area contributed by atoms with Crippen LogP contribution in [-0.2, 0) is 7.05 Å². The number of amides is 1. The number of nitrogens with zero attached hydrogens (tertiary/aromatic N) is 5. The minimum atomic E-state index is -0.236. The molecule has 2 atom stereocenters. The summed E-state index contributed by atoms with van der Waals surface area (Å²) >= 11 is 0. The molecule has 0 spiro atoms. The monoisotopic (exact) mass is 302 g/mol. The van der Waals surface area contributed by atoms with Crippen molar-refractivity contribution >= 4 is 11.9 Å². The van der Waals surface area contributed by atoms with Crippen molar-refractivity contribution in [1.29, 1.82) is 0 Å². The smallest absolute Gasteiger partial charge is 0.272 e. The number of carbonyl (C=O) groups is 1. The van der Waals surface area contributed by atoms with Gasteiger partial charge in [-0.05, 0) is 12.1 Å². The molecule has 2 N–H and O–H groups in total. The van der Waals surface area contributed by atoms with Crippen LogP contribution in [0.1, 0.15) is 10.5 Å². The van der Waals surface area contributed by atoms with Crippen LogP contribution in [0, 0.1) is 5.92 Å². The van der Waals surface area contributed by atoms with Crippen molar-refractivity contribution in [2.24, 2.45) is 13.0 Å². The van der Waals surface area contributed by atoms with Gasteiger partial charge in [0.15, 0.2) is 0 Å². The van der Waals surface area contributed by atoms with Gasteiger partial charge in [0, 0.05) is 51.3 Å². The molecule has 1 amide bonds. The Bertz CT molecular complexity index is 644. The van der Waals surface area contributed by atoms with E-state index >= 15 is 0 Å². The van der Waals surface area contributed by atoms with E-state index in [0.29, 0.717) is 24.7 Å². The summed E-state index contributed by atoms with van der Waals surface area (Å²) in [7, 11) is 1.76. The average molecular weight is 302 g/mol. The fourth-order valence-corrected chi connectivity index (χ4v) is 2.62. The van der Waals surface area contributed by atoms with Gasteiger partial charge in [0.05, 0.1) is 6.04 Å². The van der Waals surface area contributed by atoms with Gasteiger partial charge in [0.25, 0.3) is 5.91 Å². The molecule has 2 aromatic heterocycles. The summed E-state index contributed by atoms with van der Waals surface area (Å²) in [5, 5.41) is 16.6. The van der Waals surface area contributed by atoms with Crippen molar-refractivity contribution in [3.05, 3.63) is 36.4 Å². The van der Waals surface area contributed by atoms with E-state index in [9.17, 15) is 9.90 Å². The van der Waals surface area contributed by atoms with Gasteiger partial charge in [-0.3, -0.25) is 9.48 Å². The van der Waals surface area contributed by atoms with Crippen molar-refractivity contribution in [2.75, 3.05) is 24.6 Å². The van der Waals surface area contributed by atoms with Crippen LogP contribution in [0.5, 0.6) is 0 Å². The normalized spacial score (nSPS) is 21.1. The van der Waals surface area contributed by atoms with Crippen LogP contribution in [0.4, 0.5) is 5.95 Å². The molecule has 1 aliphatic rings. The lowest BCUT2D eigenvalue weighted by atomic mass is 10.1. The van der Waals surface area contributed by atoms with E-state index in [4.69, 9.17) is 0 Å². The highest BCUT2D eigenvalue weighted by Gasteiger charge is 2.34. The number of aliphatic hydroxyl groups excluding tert-OH is 1. The molecular formula is C14H18N6O2. The average Bonchev–Trinajstić information content (AvgIpc) is 3.14. The zero-order chi connectivity index (χ0) is 15.5. The maximum atomic E-state index is 12.2. The van der Waals surface area contributed by atoms with Gasteiger partial charge in [-0.2, -0.15) is 5.10 Å². The SMILES string of the molecule is Cn1ccc(C(=O)N[C@@H]2CN(c3ncccn3)C[C@H]2CO)n1. The predicted molar refractivity (Wildman–Crippen MR) is 79.3 cm³/mol. The fraction of sp³-hybridized carbons (Fsp3) is 0.429. The summed E-state index contributed by atoms with van der Waals surface area (Å²) in [6.07, 6.45) is 5.07. The Balaban J connectivity index is 1.69. The Labute approximate surface area is 127 Å². The third-order valence-corrected chi connectivity index (χ3v) is 3.77. The first-order chi connectivity index (χ1) is 10.7. The molecule has 0 bridgehead atoms. The summed E-state index contributed by atoms with van der Waals surface area (Å²) in [6.45, 7) is 1.16. The zero-order valence-corrected chi connectivity index (χ0v) is 12.3. The van der Waals surface area contributed by atoms with Gasteiger partial charge in [0.2, 0.25) is 5.95 Å². The second-order valence-corrected chi connectivity index (χ2v) is 5.35. The molecule has 22 heavy (non-hydrogen) atoms. The molecule has 8 heteroatoms. The van der Waals surface area contributed by atoms with Crippen LogP contribution in [0.2, 0.25) is 0 Å². The summed E-state index contributed by atoms with van der Waals surface area (Å²) in [5.74, 6) is 0.312. The lowest BCUT2D eigenvalue weighted by Gasteiger charge is -2.17. The number of aryl methyl sites for hydroxylation is 1. The van der Waals surface area contributed by atoms with Crippen molar-refractivity contribution in [1.82, 2.24) is 25.1 Å². The standard InChI is InChI=1S/C14H18N6O2/c1-19-6-3-11(18-19)13(22)17-12-8-20(7-10(12)9-21)14-15-4-2-5-16-14/h2-6,10,12,21H,7-9H2,1H3,(H,17,22)/t10-,12+/m0/s1. The third kappa shape index (κ3) is 2.91. The molecule has 0 aromatic carbocycles. The Kier molecular flexibility index (Phi) is 4.01. The van der Waals surface area contributed by atoms with Crippen molar-refractivity contribution in [3.8, 4) is 0 Å². The number of hydrogen-bond acceptors (Lipinski definition) is 6. The van der Waals surface area contributed by atoms with Crippen LogP contribution >= 0.6 is 0 Å². The van der Waals surface area contributed by atoms with E-state index in [1.807, 2.05) is 4.90 Å². The fourth-order valence-electron chi connectivity index (χ4n) is 2.62. The number of carbonyl (C=O) groups excluding carboxylic acids is 1. The molecule has 1 fully saturated rings. The maximum Gasteiger partial charge on any atom is 0.272 e. The summed E-state index contributed by atoms with van der Waals surface area (Å²) < 4.78 is 1.58. The highest BCUT2D eigenvalue weighted by molar-refractivity contribution is 5.92. The Morgan fingerprint density at radius 3 is 2.82 bits per heavy atom. The summed E-state index contributed by atoms with van der Waals surface area (Å²) in [4.78, 5) is 22.6. The molecule has 3 heterocycles. The van der Waals surface area contributed by atoms with Crippen molar-refractivity contribution in [3.63, 3.8) is 0 Å². The van der Waals surface area contributed by atoms with E-state index in [1.165, 1.54) is 0 Å². The van der Waals surface area contributed by atoms with Crippen LogP contribution in [-0.4, -0.2) is 56.5 Å². The molecule has 116 valence electrons. The first kappa shape index (κ1) is 14.5. The van der Waals surface area contributed by atoms with E-state index in [1.54, 1.807) is 42.5 Å². The lowest BCUT2D eigenvalue weighted by Crippen LogP contribution is -2.41. The van der Waals surface area contributed by atoms with Crippen molar-refractivity contribution in [2.45, 2.75) is 6.04 Å². The van der Waals surface area contributed by atoms with Crippen LogP contribution in [0.15, 0.2) is 30.7 Å². The molecule has 3 rings (SSSR count). The maximum absolute atomic E-state index is 12.2. The molecule has 0 unspecified atom stereocenters. The molecule has 1 aliphatic heterocycles. The predicted octanol–water partition coefficient (Wildman–Crippen LogP) is -0.563. The van der Waals surface area contributed by atoms with Gasteiger partial charge in [-0.15, -0.1) is 0 Å². The van der Waals surface area contributed by atoms with Gasteiger partial charge in [-0.25, -0.2) is 9.97 Å². The van der Waals surface area contributed by atoms with Gasteiger partial charge >= 0.3 is 0 Å². The first-order valence-corrected chi connectivity index (χ1v) is 7.10. The molecular weight excluding hydrogens is 284 g/mol. The van der Waals surface area contributed by atoms with E-state index in [0.717, 1.165) is 0 Å². The van der Waals surface area contributed by atoms with Crippen LogP contribution in [0.3, 0.4) is 0 Å². The Hall–Kier alpha value is -2.48. The minimum absolute atomic E-state index is 0.00347. The van der Waals surface area contributed by atoms with E-state index < -0.39 is 0 Å². The topological polar surface area (TPSA) is 96.2 Å². The zero-order valence-electron chi connectivity index (χ0n) is 12.3. The second-order valence-electron chi connectivity index (χ2n) is 5.35. The molecule has 1 saturated heterocycles. The molecule has 0 radical (unpaired) electrons. The molecule has 0 saturated carbocycles. The van der Waals surface area contributed by atoms with E-state index in [-0.39, 0.29) is 24.5 Å². The summed E-state index contributed by atoms with van der Waals surface area (Å²) in [6, 6.07) is 3.25. The quantitative estimate of drug-likeness (QED) is 0.786. The number of anilines is 1. The number of rotatable bonds is 4. The largest absolute Gasteiger partial charge is 0.396 e. The van der Waals surface area contributed by atoms with Gasteiger partial charge in [-0.1, -0.05) is 0 Å². The number of aliphatic hydroxyl groups is 1. The highest BCUT2D eigenvalue weighted by Crippen LogP contribution is 2.20. The first-order valence-electron chi connectivity index (χ1n) is 7.10. The lowest BCUT2D eigenvalue weighted by molar-refractivity contribution is 0.0916. The number of aromatic nitrogens is 4. The molecule has 2 aromatic rings. The van der Waals surface area contributed by atoms with Crippen molar-refractivity contribution < 1.29 is 9.90 Å². The second kappa shape index (κ2) is 6.10. The van der Waals surface area contributed by atoms with Crippen LogP contribution < -0.4 is 10.2 Å². The van der Waals surface area contributed by atoms with Gasteiger partial charge in [0.1, 0.15) is 5.69 Å².